The summed E-state index contributed by atoms with van der Waals surface area (Å²) in [6.45, 7) is 3.66. The summed E-state index contributed by atoms with van der Waals surface area (Å²) in [5.74, 6) is -2.32. The highest BCUT2D eigenvalue weighted by molar-refractivity contribution is 5.97. The quantitative estimate of drug-likeness (QED) is 0.582. The number of pyridine rings is 1. The Morgan fingerprint density at radius 1 is 1.31 bits per heavy atom. The number of anilines is 1. The summed E-state index contributed by atoms with van der Waals surface area (Å²) in [4.78, 5) is 27.3. The Bertz CT molecular complexity index is 1150. The first-order valence-corrected chi connectivity index (χ1v) is 8.66. The predicted octanol–water partition coefficient (Wildman–Crippen LogP) is 2.10. The van der Waals surface area contributed by atoms with Crippen molar-refractivity contribution in [2.24, 2.45) is 0 Å². The molecule has 32 heavy (non-hydrogen) atoms. The number of carboxylic acids is 1. The smallest absolute Gasteiger partial charge is 0.419 e. The van der Waals surface area contributed by atoms with Gasteiger partial charge in [0.15, 0.2) is 11.3 Å². The fraction of sp³-hybridized carbons (Fsp3) is 0.263. The van der Waals surface area contributed by atoms with Crippen LogP contribution < -0.4 is 5.32 Å². The van der Waals surface area contributed by atoms with Crippen molar-refractivity contribution in [3.63, 3.8) is 0 Å². The van der Waals surface area contributed by atoms with E-state index >= 15 is 0 Å². The number of alkyl halides is 3. The lowest BCUT2D eigenvalue weighted by Gasteiger charge is -2.28. The molecule has 10 nitrogen and oxygen atoms in total. The summed E-state index contributed by atoms with van der Waals surface area (Å²) in [6.07, 6.45) is -1.51. The Morgan fingerprint density at radius 3 is 2.53 bits per heavy atom. The van der Waals surface area contributed by atoms with Gasteiger partial charge >= 0.3 is 12.1 Å². The lowest BCUT2D eigenvalue weighted by atomic mass is 10.0. The van der Waals surface area contributed by atoms with Crippen LogP contribution in [-0.2, 0) is 27.0 Å². The average molecular weight is 448 g/mol. The molecule has 2 aromatic heterocycles. The Kier molecular flexibility index (Phi) is 6.97. The summed E-state index contributed by atoms with van der Waals surface area (Å²) in [5.41, 5.74) is -4.62. The van der Waals surface area contributed by atoms with Gasteiger partial charge in [-0.05, 0) is 13.0 Å². The molecule has 13 heteroatoms. The van der Waals surface area contributed by atoms with Gasteiger partial charge in [-0.2, -0.15) is 28.8 Å². The Labute approximate surface area is 179 Å². The number of ether oxygens (including phenoxy) is 1. The van der Waals surface area contributed by atoms with Crippen molar-refractivity contribution < 1.29 is 32.6 Å². The number of carbonyl (C=O) groups excluding carboxylic acids is 1. The molecule has 2 N–H and O–H groups in total. The number of nitrogens with one attached hydrogen (secondary N) is 1. The molecular weight excluding hydrogens is 433 g/mol. The van der Waals surface area contributed by atoms with Crippen LogP contribution in [0, 0.1) is 22.7 Å². The molecule has 2 aromatic rings. The molecule has 0 unspecified atom stereocenters. The average Bonchev–Trinajstić information content (AvgIpc) is 3.18. The number of hydrogen-bond acceptors (Lipinski definition) is 7. The number of carboxylic acid groups (broad SMARTS) is 1. The second-order valence-electron chi connectivity index (χ2n) is 6.65. The number of aliphatic carboxylic acids is 1. The minimum atomic E-state index is -4.89. The zero-order valence-corrected chi connectivity index (χ0v) is 16.5. The van der Waals surface area contributed by atoms with Gasteiger partial charge in [-0.1, -0.05) is 6.58 Å². The molecule has 2 heterocycles. The second kappa shape index (κ2) is 9.28. The van der Waals surface area contributed by atoms with Crippen molar-refractivity contribution in [1.82, 2.24) is 14.8 Å². The lowest BCUT2D eigenvalue weighted by Crippen LogP contribution is -2.47. The molecule has 2 rings (SSSR count). The van der Waals surface area contributed by atoms with E-state index in [9.17, 15) is 22.8 Å². The largest absolute Gasteiger partial charge is 0.478 e. The molecular formula is C19H15F3N6O4. The van der Waals surface area contributed by atoms with Crippen LogP contribution in [0.3, 0.4) is 0 Å². The summed E-state index contributed by atoms with van der Waals surface area (Å²) < 4.78 is 46.1. The van der Waals surface area contributed by atoms with E-state index in [-0.39, 0.29) is 23.4 Å². The van der Waals surface area contributed by atoms with E-state index < -0.39 is 41.5 Å². The van der Waals surface area contributed by atoms with Crippen molar-refractivity contribution in [2.75, 3.05) is 11.9 Å². The molecule has 0 radical (unpaired) electrons. The molecule has 0 spiro atoms. The van der Waals surface area contributed by atoms with E-state index in [1.165, 1.54) is 30.1 Å². The number of carbonyl (C=O) groups is 2. The molecule has 0 bridgehead atoms. The highest BCUT2D eigenvalue weighted by Crippen LogP contribution is 2.32. The van der Waals surface area contributed by atoms with Crippen LogP contribution in [0.2, 0.25) is 0 Å². The summed E-state index contributed by atoms with van der Waals surface area (Å²) in [5, 5.41) is 32.8. The molecule has 0 aliphatic carbocycles. The second-order valence-corrected chi connectivity index (χ2v) is 6.65. The fourth-order valence-corrected chi connectivity index (χ4v) is 2.41. The molecule has 0 aliphatic rings. The maximum Gasteiger partial charge on any atom is 0.419 e. The number of amides is 1. The van der Waals surface area contributed by atoms with E-state index in [1.807, 2.05) is 6.07 Å². The topological polar surface area (TPSA) is 154 Å². The van der Waals surface area contributed by atoms with Gasteiger partial charge in [-0.15, -0.1) is 0 Å². The van der Waals surface area contributed by atoms with E-state index in [2.05, 4.69) is 22.0 Å². The highest BCUT2D eigenvalue weighted by Gasteiger charge is 2.38. The third kappa shape index (κ3) is 5.68. The van der Waals surface area contributed by atoms with Gasteiger partial charge in [0.05, 0.1) is 47.9 Å². The zero-order valence-electron chi connectivity index (χ0n) is 16.5. The minimum Gasteiger partial charge on any atom is -0.478 e. The molecule has 1 atom stereocenters. The number of nitriles is 2. The van der Waals surface area contributed by atoms with Crippen molar-refractivity contribution >= 4 is 17.6 Å². The molecule has 166 valence electrons. The molecule has 0 saturated carbocycles. The molecule has 0 aromatic carbocycles. The van der Waals surface area contributed by atoms with Crippen LogP contribution in [0.5, 0.6) is 0 Å². The van der Waals surface area contributed by atoms with Gasteiger partial charge < -0.3 is 15.2 Å². The maximum absolute atomic E-state index is 13.2. The van der Waals surface area contributed by atoms with Crippen LogP contribution in [0.1, 0.15) is 23.7 Å². The van der Waals surface area contributed by atoms with Gasteiger partial charge in [-0.3, -0.25) is 9.48 Å². The first-order chi connectivity index (χ1) is 14.9. The first kappa shape index (κ1) is 24.0. The van der Waals surface area contributed by atoms with Crippen LogP contribution in [0.25, 0.3) is 0 Å². The molecule has 0 aliphatic heterocycles. The van der Waals surface area contributed by atoms with E-state index in [0.717, 1.165) is 6.20 Å². The number of rotatable bonds is 8. The third-order valence-corrected chi connectivity index (χ3v) is 4.13. The van der Waals surface area contributed by atoms with Gasteiger partial charge in [0.1, 0.15) is 12.1 Å². The number of halogens is 3. The van der Waals surface area contributed by atoms with Crippen LogP contribution in [0.15, 0.2) is 36.8 Å². The standard InChI is InChI=1S/C19H15F3N6O4/c1-11(16(29)30)9-32-18(2,10-28-8-12(4-23)6-26-28)17(31)27-13-3-14(19(20,21)22)15(5-24)25-7-13/h3,6-8H,1,9-10H2,2H3,(H,27,31)(H,29,30)/t18-/m0/s1. The van der Waals surface area contributed by atoms with Crippen LogP contribution in [0.4, 0.5) is 18.9 Å². The number of aromatic nitrogens is 3. The Hall–Kier alpha value is -4.23. The zero-order chi connectivity index (χ0) is 24.1. The van der Waals surface area contributed by atoms with Crippen LogP contribution in [-0.4, -0.2) is 44.0 Å². The Morgan fingerprint density at radius 2 is 2.00 bits per heavy atom. The monoisotopic (exact) mass is 448 g/mol. The summed E-state index contributed by atoms with van der Waals surface area (Å²) in [6, 6.07) is 3.71. The third-order valence-electron chi connectivity index (χ3n) is 4.13. The van der Waals surface area contributed by atoms with Gasteiger partial charge in [0.25, 0.3) is 5.91 Å². The number of nitrogens with zero attached hydrogens (tertiary/aromatic N) is 5. The maximum atomic E-state index is 13.2. The summed E-state index contributed by atoms with van der Waals surface area (Å²) >= 11 is 0. The van der Waals surface area contributed by atoms with Crippen molar-refractivity contribution in [3.8, 4) is 12.1 Å². The van der Waals surface area contributed by atoms with Crippen LogP contribution >= 0.6 is 0 Å². The number of hydrogen-bond donors (Lipinski definition) is 2. The normalized spacial score (nSPS) is 12.8. The molecule has 0 fully saturated rings. The van der Waals surface area contributed by atoms with E-state index in [4.69, 9.17) is 20.4 Å². The van der Waals surface area contributed by atoms with Gasteiger partial charge in [0, 0.05) is 6.20 Å². The van der Waals surface area contributed by atoms with Gasteiger partial charge in [0.2, 0.25) is 0 Å². The van der Waals surface area contributed by atoms with Crippen molar-refractivity contribution in [3.05, 3.63) is 53.6 Å². The Balaban J connectivity index is 2.35. The molecule has 1 amide bonds. The van der Waals surface area contributed by atoms with Gasteiger partial charge in [-0.25, -0.2) is 9.78 Å². The predicted molar refractivity (Wildman–Crippen MR) is 101 cm³/mol. The van der Waals surface area contributed by atoms with Crippen molar-refractivity contribution in [2.45, 2.75) is 25.2 Å². The first-order valence-electron chi connectivity index (χ1n) is 8.66. The fourth-order valence-electron chi connectivity index (χ4n) is 2.41. The van der Waals surface area contributed by atoms with E-state index in [1.54, 1.807) is 0 Å². The SMILES string of the molecule is C=C(CO[C@@](C)(Cn1cc(C#N)cn1)C(=O)Nc1cnc(C#N)c(C(F)(F)F)c1)C(=O)O. The molecule has 0 saturated heterocycles. The lowest BCUT2D eigenvalue weighted by molar-refractivity contribution is -0.143. The summed E-state index contributed by atoms with van der Waals surface area (Å²) in [7, 11) is 0. The minimum absolute atomic E-state index is 0.175. The van der Waals surface area contributed by atoms with Crippen molar-refractivity contribution in [1.29, 1.82) is 10.5 Å². The highest BCUT2D eigenvalue weighted by atomic mass is 19.4. The van der Waals surface area contributed by atoms with E-state index in [0.29, 0.717) is 6.07 Å².